The highest BCUT2D eigenvalue weighted by atomic mass is 16.5. The van der Waals surface area contributed by atoms with Crippen LogP contribution in [0.15, 0.2) is 4.42 Å². The third-order valence-corrected chi connectivity index (χ3v) is 3.14. The van der Waals surface area contributed by atoms with Crippen molar-refractivity contribution in [1.82, 2.24) is 4.98 Å². The van der Waals surface area contributed by atoms with Gasteiger partial charge in [-0.3, -0.25) is 14.5 Å². The lowest BCUT2D eigenvalue weighted by Gasteiger charge is -2.10. The number of hydrogen-bond donors (Lipinski definition) is 0. The lowest BCUT2D eigenvalue weighted by Crippen LogP contribution is -2.26. The van der Waals surface area contributed by atoms with Crippen LogP contribution in [0.25, 0.3) is 0 Å². The third kappa shape index (κ3) is 2.88. The highest BCUT2D eigenvalue weighted by molar-refractivity contribution is 5.98. The first-order valence-corrected chi connectivity index (χ1v) is 6.50. The van der Waals surface area contributed by atoms with E-state index < -0.39 is 17.9 Å². The standard InChI is InChI=1S/C13H16N2O6/c1-4-20-12(18)10-7(2)14-13(21-10)15-6-8(5-9(15)16)11(17)19-3/h8H,4-6H2,1-3H3. The van der Waals surface area contributed by atoms with Gasteiger partial charge in [-0.1, -0.05) is 0 Å². The molecule has 1 aliphatic rings. The van der Waals surface area contributed by atoms with Gasteiger partial charge in [0, 0.05) is 13.0 Å². The average molecular weight is 296 g/mol. The molecule has 0 bridgehead atoms. The molecule has 1 amide bonds. The number of aryl methyl sites for hydroxylation is 1. The van der Waals surface area contributed by atoms with E-state index >= 15 is 0 Å². The Hall–Kier alpha value is -2.38. The maximum Gasteiger partial charge on any atom is 0.376 e. The van der Waals surface area contributed by atoms with Crippen LogP contribution in [0.1, 0.15) is 29.6 Å². The van der Waals surface area contributed by atoms with Crippen molar-refractivity contribution in [2.45, 2.75) is 20.3 Å². The second-order valence-corrected chi connectivity index (χ2v) is 4.56. The van der Waals surface area contributed by atoms with Gasteiger partial charge in [0.25, 0.3) is 0 Å². The molecule has 8 nitrogen and oxygen atoms in total. The SMILES string of the molecule is CCOC(=O)c1oc(N2CC(C(=O)OC)CC2=O)nc1C. The molecule has 1 fully saturated rings. The molecule has 114 valence electrons. The fourth-order valence-corrected chi connectivity index (χ4v) is 2.10. The Morgan fingerprint density at radius 1 is 1.48 bits per heavy atom. The van der Waals surface area contributed by atoms with E-state index in [1.807, 2.05) is 0 Å². The van der Waals surface area contributed by atoms with Crippen LogP contribution in [-0.2, 0) is 19.1 Å². The maximum atomic E-state index is 11.9. The van der Waals surface area contributed by atoms with Crippen LogP contribution >= 0.6 is 0 Å². The van der Waals surface area contributed by atoms with Crippen molar-refractivity contribution >= 4 is 23.9 Å². The first-order valence-electron chi connectivity index (χ1n) is 6.50. The van der Waals surface area contributed by atoms with Crippen LogP contribution < -0.4 is 4.90 Å². The first kappa shape index (κ1) is 15.0. The fraction of sp³-hybridized carbons (Fsp3) is 0.538. The minimum atomic E-state index is -0.634. The van der Waals surface area contributed by atoms with Gasteiger partial charge in [-0.15, -0.1) is 0 Å². The molecule has 0 spiro atoms. The van der Waals surface area contributed by atoms with Crippen LogP contribution in [0.3, 0.4) is 0 Å². The molecule has 2 heterocycles. The summed E-state index contributed by atoms with van der Waals surface area (Å²) < 4.78 is 14.8. The van der Waals surface area contributed by atoms with E-state index in [0.29, 0.717) is 5.69 Å². The summed E-state index contributed by atoms with van der Waals surface area (Å²) in [6.45, 7) is 3.59. The van der Waals surface area contributed by atoms with Crippen molar-refractivity contribution in [3.63, 3.8) is 0 Å². The number of carbonyl (C=O) groups is 3. The van der Waals surface area contributed by atoms with E-state index in [2.05, 4.69) is 9.72 Å². The molecule has 1 aromatic heterocycles. The Bertz CT molecular complexity index is 579. The number of amides is 1. The van der Waals surface area contributed by atoms with Gasteiger partial charge >= 0.3 is 18.0 Å². The molecule has 0 N–H and O–H groups in total. The fourth-order valence-electron chi connectivity index (χ4n) is 2.10. The quantitative estimate of drug-likeness (QED) is 0.753. The van der Waals surface area contributed by atoms with Crippen molar-refractivity contribution in [2.75, 3.05) is 25.2 Å². The van der Waals surface area contributed by atoms with Gasteiger partial charge < -0.3 is 13.9 Å². The lowest BCUT2D eigenvalue weighted by atomic mass is 10.1. The van der Waals surface area contributed by atoms with Gasteiger partial charge in [0.1, 0.15) is 0 Å². The predicted molar refractivity (Wildman–Crippen MR) is 69.7 cm³/mol. The zero-order valence-corrected chi connectivity index (χ0v) is 12.0. The summed E-state index contributed by atoms with van der Waals surface area (Å²) >= 11 is 0. The molecule has 0 aromatic carbocycles. The van der Waals surface area contributed by atoms with Crippen molar-refractivity contribution in [3.8, 4) is 0 Å². The molecule has 1 aromatic rings. The maximum absolute atomic E-state index is 11.9. The molecule has 0 radical (unpaired) electrons. The van der Waals surface area contributed by atoms with Gasteiger partial charge in [0.2, 0.25) is 11.7 Å². The number of rotatable bonds is 4. The number of esters is 2. The van der Waals surface area contributed by atoms with E-state index in [4.69, 9.17) is 9.15 Å². The number of aromatic nitrogens is 1. The normalized spacial score (nSPS) is 18.0. The van der Waals surface area contributed by atoms with Crippen molar-refractivity contribution in [1.29, 1.82) is 0 Å². The molecule has 0 aliphatic carbocycles. The Balaban J connectivity index is 2.19. The summed E-state index contributed by atoms with van der Waals surface area (Å²) in [5.74, 6) is -1.99. The molecule has 1 atom stereocenters. The zero-order chi connectivity index (χ0) is 15.6. The van der Waals surface area contributed by atoms with Gasteiger partial charge in [0.15, 0.2) is 0 Å². The van der Waals surface area contributed by atoms with Crippen molar-refractivity contribution in [2.24, 2.45) is 5.92 Å². The molecule has 21 heavy (non-hydrogen) atoms. The summed E-state index contributed by atoms with van der Waals surface area (Å²) in [6, 6.07) is -0.00745. The minimum Gasteiger partial charge on any atom is -0.469 e. The second-order valence-electron chi connectivity index (χ2n) is 4.56. The van der Waals surface area contributed by atoms with Crippen molar-refractivity contribution < 1.29 is 28.3 Å². The van der Waals surface area contributed by atoms with Gasteiger partial charge in [-0.05, 0) is 13.8 Å². The van der Waals surface area contributed by atoms with Gasteiger partial charge in [-0.2, -0.15) is 4.98 Å². The van der Waals surface area contributed by atoms with Gasteiger partial charge in [-0.25, -0.2) is 4.79 Å². The Labute approximate surface area is 121 Å². The molecule has 1 aliphatic heterocycles. The number of oxazole rings is 1. The Morgan fingerprint density at radius 3 is 2.81 bits per heavy atom. The van der Waals surface area contributed by atoms with E-state index in [1.54, 1.807) is 13.8 Å². The number of hydrogen-bond acceptors (Lipinski definition) is 7. The summed E-state index contributed by atoms with van der Waals surface area (Å²) in [5.41, 5.74) is 0.331. The van der Waals surface area contributed by atoms with E-state index in [1.165, 1.54) is 12.0 Å². The number of methoxy groups -OCH3 is 1. The highest BCUT2D eigenvalue weighted by Crippen LogP contribution is 2.27. The van der Waals surface area contributed by atoms with Crippen LogP contribution in [0, 0.1) is 12.8 Å². The van der Waals surface area contributed by atoms with E-state index in [-0.39, 0.29) is 37.3 Å². The zero-order valence-electron chi connectivity index (χ0n) is 12.0. The third-order valence-electron chi connectivity index (χ3n) is 3.14. The van der Waals surface area contributed by atoms with Crippen LogP contribution in [0.2, 0.25) is 0 Å². The van der Waals surface area contributed by atoms with Crippen molar-refractivity contribution in [3.05, 3.63) is 11.5 Å². The number of carbonyl (C=O) groups excluding carboxylic acids is 3. The highest BCUT2D eigenvalue weighted by Gasteiger charge is 2.38. The van der Waals surface area contributed by atoms with E-state index in [0.717, 1.165) is 0 Å². The number of nitrogens with zero attached hydrogens (tertiary/aromatic N) is 2. The summed E-state index contributed by atoms with van der Waals surface area (Å²) in [4.78, 5) is 40.3. The Kier molecular flexibility index (Phi) is 4.25. The summed E-state index contributed by atoms with van der Waals surface area (Å²) in [5, 5.41) is 0. The van der Waals surface area contributed by atoms with E-state index in [9.17, 15) is 14.4 Å². The molecule has 8 heteroatoms. The molecular weight excluding hydrogens is 280 g/mol. The topological polar surface area (TPSA) is 98.9 Å². The Morgan fingerprint density at radius 2 is 2.19 bits per heavy atom. The van der Waals surface area contributed by atoms with Crippen LogP contribution in [-0.4, -0.2) is 43.1 Å². The molecule has 0 saturated carbocycles. The largest absolute Gasteiger partial charge is 0.469 e. The van der Waals surface area contributed by atoms with Gasteiger partial charge in [0.05, 0.1) is 25.3 Å². The average Bonchev–Trinajstić information content (AvgIpc) is 3.01. The molecule has 1 saturated heterocycles. The second kappa shape index (κ2) is 5.94. The summed E-state index contributed by atoms with van der Waals surface area (Å²) in [6.07, 6.45) is 0.0306. The summed E-state index contributed by atoms with van der Waals surface area (Å²) in [7, 11) is 1.27. The predicted octanol–water partition coefficient (Wildman–Crippen LogP) is 0.686. The number of ether oxygens (including phenoxy) is 2. The number of anilines is 1. The first-order chi connectivity index (χ1) is 9.97. The monoisotopic (exact) mass is 296 g/mol. The van der Waals surface area contributed by atoms with Crippen LogP contribution in [0.5, 0.6) is 0 Å². The molecule has 1 unspecified atom stereocenters. The van der Waals surface area contributed by atoms with Crippen LogP contribution in [0.4, 0.5) is 6.01 Å². The minimum absolute atomic E-state index is 0.00745. The smallest absolute Gasteiger partial charge is 0.376 e. The molecular formula is C13H16N2O6. The lowest BCUT2D eigenvalue weighted by molar-refractivity contribution is -0.145. The molecule has 2 rings (SSSR count).